The fourth-order valence-corrected chi connectivity index (χ4v) is 3.87. The quantitative estimate of drug-likeness (QED) is 0.783. The number of oxazole rings is 1. The van der Waals surface area contributed by atoms with Crippen molar-refractivity contribution in [2.24, 2.45) is 0 Å². The average Bonchev–Trinajstić information content (AvgIpc) is 3.25. The predicted octanol–water partition coefficient (Wildman–Crippen LogP) is 2.12. The Hall–Kier alpha value is -2.48. The van der Waals surface area contributed by atoms with E-state index in [2.05, 4.69) is 15.1 Å². The van der Waals surface area contributed by atoms with Gasteiger partial charge in [0, 0.05) is 25.0 Å². The van der Waals surface area contributed by atoms with Crippen molar-refractivity contribution in [3.05, 3.63) is 40.7 Å². The highest BCUT2D eigenvalue weighted by atomic mass is 16.5. The number of aromatic amines is 1. The van der Waals surface area contributed by atoms with Crippen molar-refractivity contribution in [1.82, 2.24) is 24.7 Å². The van der Waals surface area contributed by atoms with E-state index in [4.69, 9.17) is 14.1 Å². The lowest BCUT2D eigenvalue weighted by Gasteiger charge is -2.33. The molecule has 2 atom stereocenters. The van der Waals surface area contributed by atoms with E-state index >= 15 is 0 Å². The molecule has 0 amide bonds. The second-order valence-corrected chi connectivity index (χ2v) is 6.78. The minimum absolute atomic E-state index is 0.128. The molecule has 8 heteroatoms. The van der Waals surface area contributed by atoms with E-state index in [0.29, 0.717) is 16.9 Å². The molecule has 25 heavy (non-hydrogen) atoms. The van der Waals surface area contributed by atoms with Crippen LogP contribution in [0.3, 0.4) is 0 Å². The zero-order chi connectivity index (χ0) is 16.8. The molecule has 3 aromatic rings. The van der Waals surface area contributed by atoms with E-state index in [1.54, 1.807) is 18.7 Å². The van der Waals surface area contributed by atoms with Crippen LogP contribution in [-0.4, -0.2) is 37.9 Å². The zero-order valence-electron chi connectivity index (χ0n) is 13.7. The Morgan fingerprint density at radius 2 is 2.00 bits per heavy atom. The monoisotopic (exact) mass is 341 g/mol. The number of H-pyrrole nitrogens is 1. The van der Waals surface area contributed by atoms with Crippen LogP contribution < -0.4 is 5.56 Å². The highest BCUT2D eigenvalue weighted by Crippen LogP contribution is 2.47. The lowest BCUT2D eigenvalue weighted by molar-refractivity contribution is 0.0673. The summed E-state index contributed by atoms with van der Waals surface area (Å²) in [5, 5.41) is 4.98. The molecule has 1 aliphatic carbocycles. The molecule has 0 bridgehead atoms. The van der Waals surface area contributed by atoms with Gasteiger partial charge in [-0.1, -0.05) is 0 Å². The molecule has 2 fully saturated rings. The molecule has 130 valence electrons. The zero-order valence-corrected chi connectivity index (χ0v) is 13.7. The summed E-state index contributed by atoms with van der Waals surface area (Å²) in [6.45, 7) is 1.44. The number of hydrogen-bond donors (Lipinski definition) is 1. The molecule has 5 rings (SSSR count). The molecule has 0 unspecified atom stereocenters. The van der Waals surface area contributed by atoms with Gasteiger partial charge in [-0.25, -0.2) is 14.6 Å². The second-order valence-electron chi connectivity index (χ2n) is 6.78. The topological polar surface area (TPSA) is 98.8 Å². The number of rotatable bonds is 3. The normalized spacial score (nSPS) is 24.5. The Balaban J connectivity index is 1.54. The van der Waals surface area contributed by atoms with Gasteiger partial charge >= 0.3 is 0 Å². The highest BCUT2D eigenvalue weighted by molar-refractivity contribution is 5.73. The molecule has 8 nitrogen and oxygen atoms in total. The van der Waals surface area contributed by atoms with Gasteiger partial charge in [-0.15, -0.1) is 0 Å². The number of aromatic nitrogens is 5. The van der Waals surface area contributed by atoms with Crippen LogP contribution in [0.5, 0.6) is 0 Å². The van der Waals surface area contributed by atoms with Crippen LogP contribution in [-0.2, 0) is 4.74 Å². The molecule has 0 radical (unpaired) electrons. The van der Waals surface area contributed by atoms with Gasteiger partial charge in [0.15, 0.2) is 11.5 Å². The third-order valence-electron chi connectivity index (χ3n) is 5.41. The lowest BCUT2D eigenvalue weighted by Crippen LogP contribution is -2.27. The summed E-state index contributed by atoms with van der Waals surface area (Å²) in [4.78, 5) is 24.5. The molecule has 3 aromatic heterocycles. The van der Waals surface area contributed by atoms with Crippen LogP contribution in [0.4, 0.5) is 0 Å². The van der Waals surface area contributed by atoms with Crippen molar-refractivity contribution in [1.29, 1.82) is 0 Å². The van der Waals surface area contributed by atoms with E-state index in [1.807, 2.05) is 4.68 Å². The van der Waals surface area contributed by atoms with Crippen molar-refractivity contribution < 1.29 is 9.15 Å². The number of nitrogens with one attached hydrogen (secondary N) is 1. The molecular weight excluding hydrogens is 322 g/mol. The Kier molecular flexibility index (Phi) is 3.44. The summed E-state index contributed by atoms with van der Waals surface area (Å²) < 4.78 is 12.8. The van der Waals surface area contributed by atoms with E-state index in [1.165, 1.54) is 0 Å². The minimum Gasteiger partial charge on any atom is -0.449 e. The third kappa shape index (κ3) is 2.39. The van der Waals surface area contributed by atoms with Gasteiger partial charge in [-0.3, -0.25) is 4.79 Å². The molecule has 1 saturated carbocycles. The van der Waals surface area contributed by atoms with Crippen molar-refractivity contribution in [2.75, 3.05) is 13.2 Å². The first kappa shape index (κ1) is 14.8. The first-order valence-electron chi connectivity index (χ1n) is 8.76. The van der Waals surface area contributed by atoms with E-state index in [0.717, 1.165) is 44.8 Å². The molecule has 4 heterocycles. The van der Waals surface area contributed by atoms with Crippen molar-refractivity contribution in [3.8, 4) is 0 Å². The van der Waals surface area contributed by atoms with Gasteiger partial charge in [-0.05, 0) is 25.7 Å². The van der Waals surface area contributed by atoms with Crippen LogP contribution in [0.1, 0.15) is 55.3 Å². The van der Waals surface area contributed by atoms with Crippen LogP contribution in [0.15, 0.2) is 27.9 Å². The fourth-order valence-electron chi connectivity index (χ4n) is 3.87. The number of hydrogen-bond acceptors (Lipinski definition) is 6. The van der Waals surface area contributed by atoms with E-state index in [-0.39, 0.29) is 23.4 Å². The molecule has 2 aliphatic rings. The summed E-state index contributed by atoms with van der Waals surface area (Å²) >= 11 is 0. The first-order valence-corrected chi connectivity index (χ1v) is 8.76. The number of ether oxygens (including phenoxy) is 1. The van der Waals surface area contributed by atoms with Crippen LogP contribution in [0.25, 0.3) is 11.0 Å². The number of fused-ring (bicyclic) bond motifs is 1. The summed E-state index contributed by atoms with van der Waals surface area (Å²) in [5.41, 5.74) is 0.542. The van der Waals surface area contributed by atoms with Gasteiger partial charge in [0.2, 0.25) is 0 Å². The maximum absolute atomic E-state index is 12.5. The van der Waals surface area contributed by atoms with Gasteiger partial charge in [-0.2, -0.15) is 5.10 Å². The molecule has 1 saturated heterocycles. The Bertz CT molecular complexity index is 939. The standard InChI is InChI=1S/C17H19N5O3/c23-16-13-9-19-22(10-3-6-24-7-4-10)15(13)20-14(21-16)11-1-2-12(11)17-18-5-8-25-17/h5,8-12H,1-4,6-7H2,(H,20,21,23)/t11-,12+/m1/s1. The molecule has 1 N–H and O–H groups in total. The Labute approximate surface area is 143 Å². The fraction of sp³-hybridized carbons (Fsp3) is 0.529. The molecule has 1 aliphatic heterocycles. The molecule has 0 aromatic carbocycles. The van der Waals surface area contributed by atoms with E-state index in [9.17, 15) is 4.79 Å². The van der Waals surface area contributed by atoms with Gasteiger partial charge in [0.1, 0.15) is 17.5 Å². The second kappa shape index (κ2) is 5.80. The largest absolute Gasteiger partial charge is 0.449 e. The molecular formula is C17H19N5O3. The maximum Gasteiger partial charge on any atom is 0.262 e. The highest BCUT2D eigenvalue weighted by Gasteiger charge is 2.38. The summed E-state index contributed by atoms with van der Waals surface area (Å²) in [6, 6.07) is 0.234. The lowest BCUT2D eigenvalue weighted by atomic mass is 9.73. The SMILES string of the molecule is O=c1[nH]c([C@@H]2CC[C@@H]2c2ncco2)nc2c1cnn2C1CCOCC1. The Morgan fingerprint density at radius 3 is 2.72 bits per heavy atom. The van der Waals surface area contributed by atoms with Crippen molar-refractivity contribution >= 4 is 11.0 Å². The minimum atomic E-state index is -0.128. The number of nitrogens with zero attached hydrogens (tertiary/aromatic N) is 4. The van der Waals surface area contributed by atoms with Crippen LogP contribution in [0.2, 0.25) is 0 Å². The van der Waals surface area contributed by atoms with Crippen molar-refractivity contribution in [3.63, 3.8) is 0 Å². The Morgan fingerprint density at radius 1 is 1.16 bits per heavy atom. The maximum atomic E-state index is 12.5. The van der Waals surface area contributed by atoms with Gasteiger partial charge in [0.05, 0.1) is 18.4 Å². The molecule has 0 spiro atoms. The summed E-state index contributed by atoms with van der Waals surface area (Å²) in [7, 11) is 0. The summed E-state index contributed by atoms with van der Waals surface area (Å²) in [5.74, 6) is 1.74. The van der Waals surface area contributed by atoms with Crippen molar-refractivity contribution in [2.45, 2.75) is 43.6 Å². The van der Waals surface area contributed by atoms with Crippen LogP contribution in [0, 0.1) is 0 Å². The third-order valence-corrected chi connectivity index (χ3v) is 5.41. The average molecular weight is 341 g/mol. The van der Waals surface area contributed by atoms with Gasteiger partial charge < -0.3 is 14.1 Å². The smallest absolute Gasteiger partial charge is 0.262 e. The van der Waals surface area contributed by atoms with E-state index < -0.39 is 0 Å². The van der Waals surface area contributed by atoms with Crippen LogP contribution >= 0.6 is 0 Å². The summed E-state index contributed by atoms with van der Waals surface area (Å²) in [6.07, 6.45) is 8.60. The predicted molar refractivity (Wildman–Crippen MR) is 88.5 cm³/mol. The van der Waals surface area contributed by atoms with Gasteiger partial charge in [0.25, 0.3) is 5.56 Å². The first-order chi connectivity index (χ1) is 12.3.